The smallest absolute Gasteiger partial charge is 0.408 e. The molecule has 10 heteroatoms. The van der Waals surface area contributed by atoms with Gasteiger partial charge in [-0.25, -0.2) is 4.79 Å². The lowest BCUT2D eigenvalue weighted by Gasteiger charge is -2.32. The van der Waals surface area contributed by atoms with Gasteiger partial charge in [-0.15, -0.1) is 0 Å². The number of ether oxygens (including phenoxy) is 1. The number of alkyl halides is 2. The highest BCUT2D eigenvalue weighted by molar-refractivity contribution is 6.10. The molecule has 222 valence electrons. The number of carbonyl (C=O) groups excluding carboxylic acids is 4. The van der Waals surface area contributed by atoms with Gasteiger partial charge in [0.25, 0.3) is 5.91 Å². The second-order valence-electron chi connectivity index (χ2n) is 10.9. The Morgan fingerprint density at radius 3 is 1.76 bits per heavy atom. The quantitative estimate of drug-likeness (QED) is 0.272. The van der Waals surface area contributed by atoms with Crippen LogP contribution in [-0.4, -0.2) is 41.7 Å². The zero-order valence-electron chi connectivity index (χ0n) is 23.7. The zero-order valence-corrected chi connectivity index (χ0v) is 23.7. The number of carbonyl (C=O) groups is 4. The Bertz CT molecular complexity index is 1350. The van der Waals surface area contributed by atoms with Crippen LogP contribution in [0.4, 0.5) is 13.6 Å². The molecule has 3 rings (SSSR count). The van der Waals surface area contributed by atoms with Gasteiger partial charge in [0.15, 0.2) is 0 Å². The molecule has 3 aromatic carbocycles. The van der Waals surface area contributed by atoms with Crippen molar-refractivity contribution in [1.82, 2.24) is 16.0 Å². The third kappa shape index (κ3) is 9.22. The Morgan fingerprint density at radius 2 is 1.24 bits per heavy atom. The molecule has 0 fully saturated rings. The van der Waals surface area contributed by atoms with Gasteiger partial charge in [0.2, 0.25) is 11.7 Å². The van der Waals surface area contributed by atoms with Gasteiger partial charge in [-0.05, 0) is 22.1 Å². The van der Waals surface area contributed by atoms with E-state index in [0.29, 0.717) is 11.1 Å². The summed E-state index contributed by atoms with van der Waals surface area (Å²) in [7, 11) is 0. The van der Waals surface area contributed by atoms with Crippen molar-refractivity contribution in [3.63, 3.8) is 0 Å². The summed E-state index contributed by atoms with van der Waals surface area (Å²) in [5.41, 5.74) is 0.887. The lowest BCUT2D eigenvalue weighted by Crippen LogP contribution is -2.60. The Hall–Kier alpha value is -4.60. The molecule has 8 nitrogen and oxygen atoms in total. The minimum atomic E-state index is -4.44. The fraction of sp³-hybridized carbons (Fsp3) is 0.312. The summed E-state index contributed by atoms with van der Waals surface area (Å²) in [5.74, 6) is -8.88. The number of rotatable bonds is 12. The van der Waals surface area contributed by atoms with Crippen molar-refractivity contribution in [2.24, 2.45) is 5.41 Å². The van der Waals surface area contributed by atoms with Crippen molar-refractivity contribution >= 4 is 23.7 Å². The largest absolute Gasteiger partial charge is 0.445 e. The number of nitrogens with one attached hydrogen (secondary N) is 3. The lowest BCUT2D eigenvalue weighted by atomic mass is 9.85. The number of hydrogen-bond acceptors (Lipinski definition) is 5. The van der Waals surface area contributed by atoms with Gasteiger partial charge >= 0.3 is 12.0 Å². The van der Waals surface area contributed by atoms with Crippen LogP contribution in [-0.2, 0) is 38.7 Å². The van der Waals surface area contributed by atoms with Gasteiger partial charge in [-0.3, -0.25) is 14.4 Å². The second-order valence-corrected chi connectivity index (χ2v) is 10.9. The number of hydrogen-bond donors (Lipinski definition) is 3. The fourth-order valence-electron chi connectivity index (χ4n) is 4.09. The van der Waals surface area contributed by atoms with Crippen LogP contribution in [0.15, 0.2) is 91.0 Å². The molecule has 0 unspecified atom stereocenters. The molecular formula is C32H35F2N3O5. The SMILES string of the molecule is CC(C)(C)[C@H](NC(=O)OCc1ccccc1)C(=O)N[C@@H](Cc1ccccc1)C(=O)C(F)(F)C(=O)NCc1ccccc1. The molecule has 0 aromatic heterocycles. The molecule has 0 spiro atoms. The molecule has 3 aromatic rings. The van der Waals surface area contributed by atoms with Crippen molar-refractivity contribution in [1.29, 1.82) is 0 Å². The van der Waals surface area contributed by atoms with E-state index >= 15 is 8.78 Å². The summed E-state index contributed by atoms with van der Waals surface area (Å²) in [4.78, 5) is 51.7. The van der Waals surface area contributed by atoms with Crippen LogP contribution in [0.5, 0.6) is 0 Å². The molecule has 0 heterocycles. The van der Waals surface area contributed by atoms with Crippen LogP contribution >= 0.6 is 0 Å². The van der Waals surface area contributed by atoms with Gasteiger partial charge in [-0.1, -0.05) is 112 Å². The van der Waals surface area contributed by atoms with E-state index in [9.17, 15) is 19.2 Å². The van der Waals surface area contributed by atoms with E-state index in [1.54, 1.807) is 106 Å². The highest BCUT2D eigenvalue weighted by Gasteiger charge is 2.51. The number of Topliss-reactive ketones (excluding diaryl/α,β-unsaturated/α-hetero) is 1. The standard InChI is InChI=1S/C32H35F2N3O5/c1-31(2,3)26(37-30(41)42-21-24-17-11-6-12-18-24)28(39)36-25(19-22-13-7-4-8-14-22)27(38)32(33,34)29(40)35-20-23-15-9-5-10-16-23/h4-18,25-26H,19-21H2,1-3H3,(H,35,40)(H,36,39)(H,37,41)/t25-,26+/m0/s1. The maximum atomic E-state index is 15.2. The highest BCUT2D eigenvalue weighted by Crippen LogP contribution is 2.23. The Morgan fingerprint density at radius 1 is 0.738 bits per heavy atom. The minimum absolute atomic E-state index is 0.0510. The summed E-state index contributed by atoms with van der Waals surface area (Å²) < 4.78 is 35.7. The first-order valence-corrected chi connectivity index (χ1v) is 13.4. The van der Waals surface area contributed by atoms with Crippen LogP contribution in [0, 0.1) is 5.41 Å². The Labute approximate surface area is 243 Å². The van der Waals surface area contributed by atoms with Gasteiger partial charge in [0, 0.05) is 13.0 Å². The summed E-state index contributed by atoms with van der Waals surface area (Å²) in [6, 6.07) is 22.5. The van der Waals surface area contributed by atoms with Crippen LogP contribution in [0.3, 0.4) is 0 Å². The van der Waals surface area contributed by atoms with Crippen molar-refractivity contribution in [3.05, 3.63) is 108 Å². The first kappa shape index (κ1) is 31.9. The molecule has 0 aliphatic carbocycles. The Balaban J connectivity index is 1.76. The predicted molar refractivity (Wildman–Crippen MR) is 153 cm³/mol. The van der Waals surface area contributed by atoms with Crippen LogP contribution in [0.2, 0.25) is 0 Å². The zero-order chi connectivity index (χ0) is 30.8. The molecule has 0 radical (unpaired) electrons. The van der Waals surface area contributed by atoms with E-state index in [-0.39, 0.29) is 19.6 Å². The maximum absolute atomic E-state index is 15.2. The molecule has 3 N–H and O–H groups in total. The Kier molecular flexibility index (Phi) is 10.9. The first-order valence-electron chi connectivity index (χ1n) is 13.4. The van der Waals surface area contributed by atoms with Gasteiger partial charge < -0.3 is 20.7 Å². The summed E-state index contributed by atoms with van der Waals surface area (Å²) in [6.07, 6.45) is -1.20. The number of ketones is 1. The fourth-order valence-corrected chi connectivity index (χ4v) is 4.09. The van der Waals surface area contributed by atoms with Gasteiger partial charge in [-0.2, -0.15) is 8.78 Å². The molecule has 2 atom stereocenters. The number of alkyl carbamates (subject to hydrolysis) is 1. The molecule has 0 saturated heterocycles. The minimum Gasteiger partial charge on any atom is -0.445 e. The van der Waals surface area contributed by atoms with E-state index in [4.69, 9.17) is 4.74 Å². The monoisotopic (exact) mass is 579 g/mol. The average Bonchev–Trinajstić information content (AvgIpc) is 2.97. The molecule has 42 heavy (non-hydrogen) atoms. The molecule has 3 amide bonds. The van der Waals surface area contributed by atoms with Crippen LogP contribution in [0.1, 0.15) is 37.5 Å². The van der Waals surface area contributed by atoms with Gasteiger partial charge in [0.05, 0.1) is 6.04 Å². The average molecular weight is 580 g/mol. The van der Waals surface area contributed by atoms with Crippen molar-refractivity contribution in [3.8, 4) is 0 Å². The van der Waals surface area contributed by atoms with E-state index in [0.717, 1.165) is 5.56 Å². The molecule has 0 bridgehead atoms. The lowest BCUT2D eigenvalue weighted by molar-refractivity contribution is -0.160. The van der Waals surface area contributed by atoms with Crippen LogP contribution < -0.4 is 16.0 Å². The molecule has 0 saturated carbocycles. The van der Waals surface area contributed by atoms with E-state index in [2.05, 4.69) is 16.0 Å². The third-order valence-corrected chi connectivity index (χ3v) is 6.41. The summed E-state index contributed by atoms with van der Waals surface area (Å²) in [5, 5.41) is 6.95. The maximum Gasteiger partial charge on any atom is 0.408 e. The molecule has 0 aliphatic heterocycles. The highest BCUT2D eigenvalue weighted by atomic mass is 19.3. The van der Waals surface area contributed by atoms with Gasteiger partial charge in [0.1, 0.15) is 12.6 Å². The summed E-state index contributed by atoms with van der Waals surface area (Å²) in [6.45, 7) is 4.72. The normalized spacial score (nSPS) is 12.9. The van der Waals surface area contributed by atoms with E-state index in [1.165, 1.54) is 0 Å². The number of amides is 3. The summed E-state index contributed by atoms with van der Waals surface area (Å²) >= 11 is 0. The van der Waals surface area contributed by atoms with Crippen molar-refractivity contribution in [2.75, 3.05) is 0 Å². The van der Waals surface area contributed by atoms with E-state index in [1.807, 2.05) is 6.07 Å². The topological polar surface area (TPSA) is 114 Å². The number of benzene rings is 3. The predicted octanol–water partition coefficient (Wildman–Crippen LogP) is 4.58. The van der Waals surface area contributed by atoms with Crippen molar-refractivity contribution < 1.29 is 32.7 Å². The second kappa shape index (κ2) is 14.3. The first-order chi connectivity index (χ1) is 19.9. The third-order valence-electron chi connectivity index (χ3n) is 6.41. The molecular weight excluding hydrogens is 544 g/mol. The number of halogens is 2. The van der Waals surface area contributed by atoms with E-state index < -0.39 is 47.1 Å². The van der Waals surface area contributed by atoms with Crippen molar-refractivity contribution in [2.45, 2.75) is 58.3 Å². The van der Waals surface area contributed by atoms with Crippen LogP contribution in [0.25, 0.3) is 0 Å². The molecule has 0 aliphatic rings.